The lowest BCUT2D eigenvalue weighted by Gasteiger charge is -2.40. The lowest BCUT2D eigenvalue weighted by atomic mass is 10.3. The Hall–Kier alpha value is -1.05. The summed E-state index contributed by atoms with van der Waals surface area (Å²) in [5.41, 5.74) is -0.624. The van der Waals surface area contributed by atoms with Crippen molar-refractivity contribution in [2.75, 3.05) is 12.4 Å². The van der Waals surface area contributed by atoms with Crippen LogP contribution in [0.4, 0.5) is 29.5 Å². The molecule has 0 aromatic heterocycles. The van der Waals surface area contributed by atoms with Crippen LogP contribution >= 0.6 is 10.2 Å². The molecule has 0 spiro atoms. The van der Waals surface area contributed by atoms with E-state index in [0.29, 0.717) is 6.07 Å². The molecular formula is C7H7F6NS. The van der Waals surface area contributed by atoms with Crippen molar-refractivity contribution in [2.24, 2.45) is 0 Å². The van der Waals surface area contributed by atoms with Crippen molar-refractivity contribution in [2.45, 2.75) is 4.90 Å². The van der Waals surface area contributed by atoms with Crippen molar-refractivity contribution in [3.63, 3.8) is 0 Å². The van der Waals surface area contributed by atoms with Gasteiger partial charge in [-0.2, -0.15) is 0 Å². The minimum absolute atomic E-state index is 0.0255. The van der Waals surface area contributed by atoms with Gasteiger partial charge in [-0.05, 0) is 18.2 Å². The highest BCUT2D eigenvalue weighted by atomic mass is 32.5. The Balaban J connectivity index is 3.44. The Labute approximate surface area is 81.8 Å². The van der Waals surface area contributed by atoms with E-state index in [0.717, 1.165) is 7.05 Å². The van der Waals surface area contributed by atoms with Gasteiger partial charge in [0.15, 0.2) is 0 Å². The first-order valence-electron chi connectivity index (χ1n) is 3.65. The van der Waals surface area contributed by atoms with Crippen LogP contribution in [0.25, 0.3) is 0 Å². The molecule has 0 saturated heterocycles. The zero-order valence-electron chi connectivity index (χ0n) is 7.41. The van der Waals surface area contributed by atoms with E-state index in [1.54, 1.807) is 0 Å². The number of halogens is 6. The highest BCUT2D eigenvalue weighted by molar-refractivity contribution is 8.45. The molecule has 0 amide bonds. The Kier molecular flexibility index (Phi) is 2.04. The molecule has 0 saturated carbocycles. The summed E-state index contributed by atoms with van der Waals surface area (Å²) in [6.07, 6.45) is 0. The molecule has 1 rings (SSSR count). The van der Waals surface area contributed by atoms with Gasteiger partial charge in [0.25, 0.3) is 0 Å². The van der Waals surface area contributed by atoms with E-state index in [1.165, 1.54) is 0 Å². The normalized spacial score (nSPS) is 16.7. The monoisotopic (exact) mass is 251 g/mol. The maximum Gasteiger partial charge on any atom is 0.310 e. The maximum atomic E-state index is 12.7. The fourth-order valence-electron chi connectivity index (χ4n) is 0.936. The minimum atomic E-state index is -9.71. The molecule has 1 nitrogen and oxygen atoms in total. The maximum absolute atomic E-state index is 12.7. The first-order valence-corrected chi connectivity index (χ1v) is 5.60. The highest BCUT2D eigenvalue weighted by Crippen LogP contribution is 3.02. The van der Waals surface area contributed by atoms with Gasteiger partial charge >= 0.3 is 10.2 Å². The topological polar surface area (TPSA) is 12.0 Å². The zero-order chi connectivity index (χ0) is 12.0. The summed E-state index contributed by atoms with van der Waals surface area (Å²) in [6.45, 7) is 0. The summed E-state index contributed by atoms with van der Waals surface area (Å²) in [5, 5.41) is 2.05. The number of benzene rings is 1. The molecule has 0 aliphatic carbocycles. The molecule has 0 radical (unpaired) electrons. The molecule has 0 unspecified atom stereocenters. The Morgan fingerprint density at radius 3 is 2.00 bits per heavy atom. The average Bonchev–Trinajstić information content (AvgIpc) is 2.00. The van der Waals surface area contributed by atoms with Crippen LogP contribution in [0.2, 0.25) is 0 Å². The van der Waals surface area contributed by atoms with Crippen LogP contribution in [0.3, 0.4) is 0 Å². The number of anilines is 1. The molecule has 8 heteroatoms. The third-order valence-electron chi connectivity index (χ3n) is 1.65. The Morgan fingerprint density at radius 1 is 1.07 bits per heavy atom. The van der Waals surface area contributed by atoms with Gasteiger partial charge in [-0.1, -0.05) is 19.4 Å². The van der Waals surface area contributed by atoms with Gasteiger partial charge in [0.1, 0.15) is 10.7 Å². The largest absolute Gasteiger partial charge is 0.386 e. The SMILES string of the molecule is CNc1cc(S(F)(F)(F)(F)F)ccc1F. The second-order valence-electron chi connectivity index (χ2n) is 2.86. The number of hydrogen-bond donors (Lipinski definition) is 1. The highest BCUT2D eigenvalue weighted by Gasteiger charge is 2.65. The first-order chi connectivity index (χ1) is 6.44. The molecule has 0 aliphatic rings. The van der Waals surface area contributed by atoms with Gasteiger partial charge in [-0.3, -0.25) is 0 Å². The van der Waals surface area contributed by atoms with Crippen LogP contribution in [-0.4, -0.2) is 7.05 Å². The number of nitrogens with one attached hydrogen (secondary N) is 1. The quantitative estimate of drug-likeness (QED) is 0.762. The summed E-state index contributed by atoms with van der Waals surface area (Å²) < 4.78 is 74.0. The van der Waals surface area contributed by atoms with Crippen molar-refractivity contribution < 1.29 is 23.8 Å². The van der Waals surface area contributed by atoms with Crippen molar-refractivity contribution >= 4 is 15.9 Å². The average molecular weight is 251 g/mol. The van der Waals surface area contributed by atoms with Crippen LogP contribution in [0.15, 0.2) is 23.1 Å². The van der Waals surface area contributed by atoms with E-state index in [-0.39, 0.29) is 12.1 Å². The molecule has 88 valence electrons. The molecule has 0 heterocycles. The van der Waals surface area contributed by atoms with E-state index in [2.05, 4.69) is 5.32 Å². The molecular weight excluding hydrogens is 244 g/mol. The molecule has 0 atom stereocenters. The molecule has 1 N–H and O–H groups in total. The van der Waals surface area contributed by atoms with Crippen LogP contribution in [0, 0.1) is 5.82 Å². The first kappa shape index (κ1) is 12.0. The van der Waals surface area contributed by atoms with Gasteiger partial charge < -0.3 is 5.32 Å². The second kappa shape index (κ2) is 2.55. The number of hydrogen-bond acceptors (Lipinski definition) is 1. The zero-order valence-corrected chi connectivity index (χ0v) is 8.22. The van der Waals surface area contributed by atoms with Gasteiger partial charge in [0, 0.05) is 7.05 Å². The lowest BCUT2D eigenvalue weighted by molar-refractivity contribution is 0.364. The van der Waals surface area contributed by atoms with E-state index >= 15 is 0 Å². The van der Waals surface area contributed by atoms with Crippen LogP contribution < -0.4 is 5.32 Å². The summed E-state index contributed by atoms with van der Waals surface area (Å²) in [5.74, 6) is -1.02. The predicted molar refractivity (Wildman–Crippen MR) is 47.3 cm³/mol. The summed E-state index contributed by atoms with van der Waals surface area (Å²) in [7, 11) is -8.58. The van der Waals surface area contributed by atoms with Crippen LogP contribution in [0.5, 0.6) is 0 Å². The van der Waals surface area contributed by atoms with E-state index in [1.807, 2.05) is 0 Å². The van der Waals surface area contributed by atoms with Crippen LogP contribution in [0.1, 0.15) is 0 Å². The molecule has 15 heavy (non-hydrogen) atoms. The molecule has 1 aromatic carbocycles. The van der Waals surface area contributed by atoms with Crippen molar-refractivity contribution in [1.82, 2.24) is 0 Å². The summed E-state index contributed by atoms with van der Waals surface area (Å²) in [4.78, 5) is -2.11. The fourth-order valence-corrected chi connectivity index (χ4v) is 1.60. The van der Waals surface area contributed by atoms with Gasteiger partial charge in [-0.15, -0.1) is 0 Å². The smallest absolute Gasteiger partial charge is 0.310 e. The fraction of sp³-hybridized carbons (Fsp3) is 0.143. The van der Waals surface area contributed by atoms with E-state index < -0.39 is 26.6 Å². The van der Waals surface area contributed by atoms with Gasteiger partial charge in [0.2, 0.25) is 0 Å². The molecule has 0 fully saturated rings. The van der Waals surface area contributed by atoms with Crippen LogP contribution in [-0.2, 0) is 0 Å². The predicted octanol–water partition coefficient (Wildman–Crippen LogP) is 4.52. The van der Waals surface area contributed by atoms with E-state index in [9.17, 15) is 23.8 Å². The Morgan fingerprint density at radius 2 is 1.60 bits per heavy atom. The standard InChI is InChI=1S/C7H7F6NS/c1-14-7-4-5(2-3-6(7)8)15(9,10,11,12)13/h2-4,14H,1H3. The molecule has 0 bridgehead atoms. The summed E-state index contributed by atoms with van der Waals surface area (Å²) >= 11 is 0. The van der Waals surface area contributed by atoms with Gasteiger partial charge in [-0.25, -0.2) is 4.39 Å². The third-order valence-corrected chi connectivity index (χ3v) is 2.80. The molecule has 0 aliphatic heterocycles. The van der Waals surface area contributed by atoms with Crippen molar-refractivity contribution in [3.8, 4) is 0 Å². The molecule has 1 aromatic rings. The third kappa shape index (κ3) is 2.71. The number of rotatable bonds is 2. The van der Waals surface area contributed by atoms with Crippen molar-refractivity contribution in [3.05, 3.63) is 24.0 Å². The lowest BCUT2D eigenvalue weighted by Crippen LogP contribution is -2.07. The second-order valence-corrected chi connectivity index (χ2v) is 5.27. The minimum Gasteiger partial charge on any atom is -0.386 e. The van der Waals surface area contributed by atoms with E-state index in [4.69, 9.17) is 0 Å². The van der Waals surface area contributed by atoms with Crippen molar-refractivity contribution in [1.29, 1.82) is 0 Å². The summed E-state index contributed by atoms with van der Waals surface area (Å²) in [6, 6.07) is 0.424. The van der Waals surface area contributed by atoms with Gasteiger partial charge in [0.05, 0.1) is 5.69 Å². The Bertz CT molecular complexity index is 397.